The predicted molar refractivity (Wildman–Crippen MR) is 55.8 cm³/mol. The SMILES string of the molecule is CC(C)(C)NCCNCc1ncn[nH]1. The van der Waals surface area contributed by atoms with Gasteiger partial charge in [0.25, 0.3) is 0 Å². The fourth-order valence-corrected chi connectivity index (χ4v) is 1.05. The summed E-state index contributed by atoms with van der Waals surface area (Å²) in [5.41, 5.74) is 0.188. The van der Waals surface area contributed by atoms with Gasteiger partial charge in [0.2, 0.25) is 0 Å². The van der Waals surface area contributed by atoms with Gasteiger partial charge in [-0.1, -0.05) is 0 Å². The Labute approximate surface area is 84.7 Å². The molecule has 0 atom stereocenters. The molecule has 1 heterocycles. The summed E-state index contributed by atoms with van der Waals surface area (Å²) in [6.07, 6.45) is 1.52. The van der Waals surface area contributed by atoms with Crippen LogP contribution in [-0.4, -0.2) is 33.8 Å². The van der Waals surface area contributed by atoms with Crippen molar-refractivity contribution in [2.75, 3.05) is 13.1 Å². The van der Waals surface area contributed by atoms with Crippen LogP contribution in [0.3, 0.4) is 0 Å². The highest BCUT2D eigenvalue weighted by Crippen LogP contribution is 1.96. The van der Waals surface area contributed by atoms with Crippen LogP contribution in [0.15, 0.2) is 6.33 Å². The Morgan fingerprint density at radius 3 is 2.71 bits per heavy atom. The first-order valence-corrected chi connectivity index (χ1v) is 4.88. The first-order valence-electron chi connectivity index (χ1n) is 4.88. The number of aromatic amines is 1. The maximum Gasteiger partial charge on any atom is 0.138 e. The van der Waals surface area contributed by atoms with Crippen molar-refractivity contribution in [3.63, 3.8) is 0 Å². The minimum absolute atomic E-state index is 0.188. The Morgan fingerprint density at radius 1 is 1.36 bits per heavy atom. The number of H-pyrrole nitrogens is 1. The third-order valence-corrected chi connectivity index (χ3v) is 1.71. The molecule has 0 aliphatic carbocycles. The normalized spacial score (nSPS) is 11.9. The van der Waals surface area contributed by atoms with Gasteiger partial charge in [0.15, 0.2) is 0 Å². The highest BCUT2D eigenvalue weighted by molar-refractivity contribution is 4.78. The summed E-state index contributed by atoms with van der Waals surface area (Å²) in [7, 11) is 0. The lowest BCUT2D eigenvalue weighted by Crippen LogP contribution is -2.40. The zero-order valence-corrected chi connectivity index (χ0v) is 9.09. The summed E-state index contributed by atoms with van der Waals surface area (Å²) in [4.78, 5) is 4.01. The molecule has 0 aliphatic heterocycles. The van der Waals surface area contributed by atoms with Crippen LogP contribution in [-0.2, 0) is 6.54 Å². The molecule has 0 saturated carbocycles. The Hall–Kier alpha value is -0.940. The van der Waals surface area contributed by atoms with Crippen LogP contribution in [0.4, 0.5) is 0 Å². The van der Waals surface area contributed by atoms with Crippen LogP contribution < -0.4 is 10.6 Å². The Balaban J connectivity index is 2.00. The van der Waals surface area contributed by atoms with E-state index in [0.717, 1.165) is 25.5 Å². The van der Waals surface area contributed by atoms with E-state index >= 15 is 0 Å². The fourth-order valence-electron chi connectivity index (χ4n) is 1.05. The minimum Gasteiger partial charge on any atom is -0.311 e. The fraction of sp³-hybridized carbons (Fsp3) is 0.778. The van der Waals surface area contributed by atoms with Crippen LogP contribution in [0.2, 0.25) is 0 Å². The molecular formula is C9H19N5. The molecule has 0 fully saturated rings. The maximum atomic E-state index is 4.01. The van der Waals surface area contributed by atoms with Gasteiger partial charge in [-0.15, -0.1) is 0 Å². The molecule has 0 spiro atoms. The summed E-state index contributed by atoms with van der Waals surface area (Å²) in [6.45, 7) is 9.10. The van der Waals surface area contributed by atoms with Crippen molar-refractivity contribution in [2.24, 2.45) is 0 Å². The molecule has 0 unspecified atom stereocenters. The lowest BCUT2D eigenvalue weighted by atomic mass is 10.1. The van der Waals surface area contributed by atoms with Crippen LogP contribution in [0.5, 0.6) is 0 Å². The van der Waals surface area contributed by atoms with E-state index in [1.807, 2.05) is 0 Å². The number of nitrogens with one attached hydrogen (secondary N) is 3. The molecule has 3 N–H and O–H groups in total. The zero-order valence-electron chi connectivity index (χ0n) is 9.09. The summed E-state index contributed by atoms with van der Waals surface area (Å²) in [5, 5.41) is 13.2. The van der Waals surface area contributed by atoms with E-state index in [2.05, 4.69) is 46.6 Å². The van der Waals surface area contributed by atoms with Crippen molar-refractivity contribution in [1.82, 2.24) is 25.8 Å². The van der Waals surface area contributed by atoms with Crippen LogP contribution in [0.1, 0.15) is 26.6 Å². The molecule has 1 aromatic heterocycles. The Bertz CT molecular complexity index is 236. The molecule has 1 aromatic rings. The van der Waals surface area contributed by atoms with Crippen molar-refractivity contribution in [3.05, 3.63) is 12.2 Å². The number of aromatic nitrogens is 3. The van der Waals surface area contributed by atoms with Gasteiger partial charge in [-0.2, -0.15) is 5.10 Å². The van der Waals surface area contributed by atoms with E-state index in [0.29, 0.717) is 0 Å². The molecule has 0 aromatic carbocycles. The molecule has 0 bridgehead atoms. The van der Waals surface area contributed by atoms with Crippen LogP contribution in [0.25, 0.3) is 0 Å². The minimum atomic E-state index is 0.188. The summed E-state index contributed by atoms with van der Waals surface area (Å²) in [5.74, 6) is 0.876. The quantitative estimate of drug-likeness (QED) is 0.593. The number of hydrogen-bond acceptors (Lipinski definition) is 4. The first kappa shape index (κ1) is 11.1. The second-order valence-electron chi connectivity index (χ2n) is 4.29. The van der Waals surface area contributed by atoms with E-state index in [-0.39, 0.29) is 5.54 Å². The number of hydrogen-bond donors (Lipinski definition) is 3. The molecule has 5 nitrogen and oxygen atoms in total. The van der Waals surface area contributed by atoms with E-state index in [4.69, 9.17) is 0 Å². The van der Waals surface area contributed by atoms with E-state index in [1.54, 1.807) is 0 Å². The maximum absolute atomic E-state index is 4.01. The van der Waals surface area contributed by atoms with E-state index < -0.39 is 0 Å². The van der Waals surface area contributed by atoms with Crippen molar-refractivity contribution in [1.29, 1.82) is 0 Å². The standard InChI is InChI=1S/C9H19N5/c1-9(2,3)12-5-4-10-6-8-11-7-13-14-8/h7,10,12H,4-6H2,1-3H3,(H,11,13,14). The largest absolute Gasteiger partial charge is 0.311 e. The highest BCUT2D eigenvalue weighted by Gasteiger charge is 2.06. The molecule has 0 radical (unpaired) electrons. The van der Waals surface area contributed by atoms with E-state index in [9.17, 15) is 0 Å². The van der Waals surface area contributed by atoms with E-state index in [1.165, 1.54) is 6.33 Å². The molecule has 14 heavy (non-hydrogen) atoms. The monoisotopic (exact) mass is 197 g/mol. The smallest absolute Gasteiger partial charge is 0.138 e. The first-order chi connectivity index (χ1) is 6.58. The summed E-state index contributed by atoms with van der Waals surface area (Å²) >= 11 is 0. The summed E-state index contributed by atoms with van der Waals surface area (Å²) < 4.78 is 0. The van der Waals surface area contributed by atoms with Crippen molar-refractivity contribution in [2.45, 2.75) is 32.9 Å². The molecule has 0 aliphatic rings. The van der Waals surface area contributed by atoms with Crippen molar-refractivity contribution in [3.8, 4) is 0 Å². The molecule has 80 valence electrons. The van der Waals surface area contributed by atoms with Gasteiger partial charge in [0, 0.05) is 18.6 Å². The van der Waals surface area contributed by atoms with Gasteiger partial charge < -0.3 is 10.6 Å². The van der Waals surface area contributed by atoms with Gasteiger partial charge in [-0.3, -0.25) is 5.10 Å². The topological polar surface area (TPSA) is 65.6 Å². The summed E-state index contributed by atoms with van der Waals surface area (Å²) in [6, 6.07) is 0. The average Bonchev–Trinajstić information content (AvgIpc) is 2.54. The Kier molecular flexibility index (Phi) is 4.03. The van der Waals surface area contributed by atoms with Crippen LogP contribution >= 0.6 is 0 Å². The van der Waals surface area contributed by atoms with Gasteiger partial charge in [-0.05, 0) is 20.8 Å². The molecular weight excluding hydrogens is 178 g/mol. The zero-order chi connectivity index (χ0) is 10.4. The second-order valence-corrected chi connectivity index (χ2v) is 4.29. The second kappa shape index (κ2) is 5.07. The number of rotatable bonds is 5. The molecule has 5 heteroatoms. The number of nitrogens with zero attached hydrogens (tertiary/aromatic N) is 2. The molecule has 0 amide bonds. The van der Waals surface area contributed by atoms with Crippen LogP contribution in [0, 0.1) is 0 Å². The third-order valence-electron chi connectivity index (χ3n) is 1.71. The molecule has 1 rings (SSSR count). The van der Waals surface area contributed by atoms with Gasteiger partial charge >= 0.3 is 0 Å². The van der Waals surface area contributed by atoms with Crippen molar-refractivity contribution < 1.29 is 0 Å². The lowest BCUT2D eigenvalue weighted by molar-refractivity contribution is 0.421. The lowest BCUT2D eigenvalue weighted by Gasteiger charge is -2.20. The highest BCUT2D eigenvalue weighted by atomic mass is 15.2. The average molecular weight is 197 g/mol. The van der Waals surface area contributed by atoms with Gasteiger partial charge in [-0.25, -0.2) is 4.98 Å². The van der Waals surface area contributed by atoms with Gasteiger partial charge in [0.05, 0.1) is 6.54 Å². The third kappa shape index (κ3) is 4.94. The van der Waals surface area contributed by atoms with Crippen molar-refractivity contribution >= 4 is 0 Å². The van der Waals surface area contributed by atoms with Gasteiger partial charge in [0.1, 0.15) is 12.2 Å². The molecule has 0 saturated heterocycles. The predicted octanol–water partition coefficient (Wildman–Crippen LogP) is 0.282. The Morgan fingerprint density at radius 2 is 2.14 bits per heavy atom.